The summed E-state index contributed by atoms with van der Waals surface area (Å²) in [6.45, 7) is 6.66. The summed E-state index contributed by atoms with van der Waals surface area (Å²) >= 11 is 0. The molecule has 0 fully saturated rings. The minimum absolute atomic E-state index is 0.0758. The molecule has 80 heavy (non-hydrogen) atoms. The number of rotatable bonds is 66. The SMILES string of the molecule is CCCCC/C=C\C/C=C\CCCCCCCC(=O)OCC(COC(=O)CCCCCCCCCCCCCCCCCCC/C=C\CCCCCCCCCC)OC(=O)CCCCCCCCC/C=C\CCCCCCCCC. The Hall–Kier alpha value is -2.63. The van der Waals surface area contributed by atoms with E-state index in [-0.39, 0.29) is 31.1 Å². The molecule has 0 bridgehead atoms. The first kappa shape index (κ1) is 77.4. The summed E-state index contributed by atoms with van der Waals surface area (Å²) in [4.78, 5) is 38.4. The molecule has 0 spiro atoms. The van der Waals surface area contributed by atoms with Crippen LogP contribution in [0.2, 0.25) is 0 Å². The van der Waals surface area contributed by atoms with Crippen LogP contribution >= 0.6 is 0 Å². The fraction of sp³-hybridized carbons (Fsp3) is 0.851. The zero-order valence-corrected chi connectivity index (χ0v) is 53.9. The van der Waals surface area contributed by atoms with Crippen molar-refractivity contribution < 1.29 is 28.6 Å². The fourth-order valence-electron chi connectivity index (χ4n) is 10.6. The van der Waals surface area contributed by atoms with Gasteiger partial charge < -0.3 is 14.2 Å². The van der Waals surface area contributed by atoms with Crippen LogP contribution in [0.15, 0.2) is 48.6 Å². The van der Waals surface area contributed by atoms with Gasteiger partial charge in [0.05, 0.1) is 0 Å². The van der Waals surface area contributed by atoms with Crippen LogP contribution in [0.4, 0.5) is 0 Å². The summed E-state index contributed by atoms with van der Waals surface area (Å²) in [5, 5.41) is 0. The fourth-order valence-corrected chi connectivity index (χ4v) is 10.6. The van der Waals surface area contributed by atoms with Crippen molar-refractivity contribution in [3.63, 3.8) is 0 Å². The Kier molecular flexibility index (Phi) is 66.6. The molecule has 6 heteroatoms. The maximum atomic E-state index is 12.9. The maximum absolute atomic E-state index is 12.9. The smallest absolute Gasteiger partial charge is 0.306 e. The molecule has 0 heterocycles. The number of unbranched alkanes of at least 4 members (excludes halogenated alkanes) is 47. The Morgan fingerprint density at radius 1 is 0.250 bits per heavy atom. The van der Waals surface area contributed by atoms with Crippen LogP contribution in [-0.2, 0) is 28.6 Å². The number of ether oxygens (including phenoxy) is 3. The molecule has 0 aromatic rings. The van der Waals surface area contributed by atoms with E-state index in [0.29, 0.717) is 19.3 Å². The Morgan fingerprint density at radius 3 is 0.725 bits per heavy atom. The number of allylic oxidation sites excluding steroid dienone is 8. The van der Waals surface area contributed by atoms with Crippen molar-refractivity contribution in [1.29, 1.82) is 0 Å². The van der Waals surface area contributed by atoms with Crippen molar-refractivity contribution in [1.82, 2.24) is 0 Å². The third kappa shape index (κ3) is 66.2. The highest BCUT2D eigenvalue weighted by atomic mass is 16.6. The molecule has 0 saturated carbocycles. The van der Waals surface area contributed by atoms with Gasteiger partial charge in [-0.15, -0.1) is 0 Å². The lowest BCUT2D eigenvalue weighted by atomic mass is 10.0. The minimum Gasteiger partial charge on any atom is -0.462 e. The van der Waals surface area contributed by atoms with E-state index in [1.54, 1.807) is 0 Å². The standard InChI is InChI=1S/C74H136O6/c1-4-7-10-13-16-19-22-25-28-30-32-33-34-35-36-37-38-39-40-41-42-44-46-49-52-55-58-61-64-67-73(76)79-70-71(69-78-72(75)66-63-60-57-54-51-48-45-27-24-21-18-15-12-9-6-3)80-74(77)68-65-62-59-56-53-50-47-43-31-29-26-23-20-17-14-11-8-5-2/h18,21,27,29-32,45,71H,4-17,19-20,22-26,28,33-44,46-70H2,1-3H3/b21-18-,31-29-,32-30-,45-27-. The van der Waals surface area contributed by atoms with Crippen molar-refractivity contribution in [3.05, 3.63) is 48.6 Å². The minimum atomic E-state index is -0.781. The van der Waals surface area contributed by atoms with E-state index in [1.807, 2.05) is 0 Å². The lowest BCUT2D eigenvalue weighted by Gasteiger charge is -2.18. The maximum Gasteiger partial charge on any atom is 0.306 e. The van der Waals surface area contributed by atoms with Gasteiger partial charge in [-0.25, -0.2) is 0 Å². The van der Waals surface area contributed by atoms with Gasteiger partial charge in [0.1, 0.15) is 13.2 Å². The molecule has 6 nitrogen and oxygen atoms in total. The van der Waals surface area contributed by atoms with Crippen LogP contribution in [0.1, 0.15) is 387 Å². The number of hydrogen-bond acceptors (Lipinski definition) is 6. The van der Waals surface area contributed by atoms with Gasteiger partial charge in [-0.05, 0) is 103 Å². The number of hydrogen-bond donors (Lipinski definition) is 0. The largest absolute Gasteiger partial charge is 0.462 e. The second-order valence-electron chi connectivity index (χ2n) is 24.1. The molecular formula is C74H136O6. The van der Waals surface area contributed by atoms with E-state index in [1.165, 1.54) is 270 Å². The second kappa shape index (κ2) is 68.9. The summed E-state index contributed by atoms with van der Waals surface area (Å²) in [5.41, 5.74) is 0. The highest BCUT2D eigenvalue weighted by Crippen LogP contribution is 2.18. The van der Waals surface area contributed by atoms with Crippen molar-refractivity contribution in [2.45, 2.75) is 393 Å². The Labute approximate surface area is 498 Å². The molecule has 468 valence electrons. The molecule has 0 N–H and O–H groups in total. The molecule has 0 aliphatic carbocycles. The van der Waals surface area contributed by atoms with E-state index in [9.17, 15) is 14.4 Å². The molecule has 0 amide bonds. The first-order chi connectivity index (χ1) is 39.5. The first-order valence-corrected chi connectivity index (χ1v) is 35.6. The van der Waals surface area contributed by atoms with Gasteiger partial charge in [-0.1, -0.05) is 313 Å². The van der Waals surface area contributed by atoms with Gasteiger partial charge in [-0.3, -0.25) is 14.4 Å². The third-order valence-electron chi connectivity index (χ3n) is 16.0. The van der Waals surface area contributed by atoms with Crippen molar-refractivity contribution in [2.24, 2.45) is 0 Å². The van der Waals surface area contributed by atoms with Gasteiger partial charge in [0, 0.05) is 19.3 Å². The summed E-state index contributed by atoms with van der Waals surface area (Å²) in [6, 6.07) is 0. The van der Waals surface area contributed by atoms with Gasteiger partial charge >= 0.3 is 17.9 Å². The van der Waals surface area contributed by atoms with Crippen LogP contribution in [0, 0.1) is 0 Å². The molecule has 0 saturated heterocycles. The number of esters is 3. The van der Waals surface area contributed by atoms with Crippen molar-refractivity contribution >= 4 is 17.9 Å². The zero-order chi connectivity index (χ0) is 57.8. The van der Waals surface area contributed by atoms with Crippen LogP contribution < -0.4 is 0 Å². The van der Waals surface area contributed by atoms with Crippen molar-refractivity contribution in [3.8, 4) is 0 Å². The van der Waals surface area contributed by atoms with Crippen molar-refractivity contribution in [2.75, 3.05) is 13.2 Å². The summed E-state index contributed by atoms with van der Waals surface area (Å²) in [5.74, 6) is -0.870. The van der Waals surface area contributed by atoms with Gasteiger partial charge in [0.25, 0.3) is 0 Å². The molecule has 1 unspecified atom stereocenters. The Bertz CT molecular complexity index is 1380. The monoisotopic (exact) mass is 1120 g/mol. The molecular weight excluding hydrogens is 985 g/mol. The zero-order valence-electron chi connectivity index (χ0n) is 53.9. The molecule has 0 aliphatic heterocycles. The highest BCUT2D eigenvalue weighted by molar-refractivity contribution is 5.71. The van der Waals surface area contributed by atoms with Crippen LogP contribution in [0.3, 0.4) is 0 Å². The summed E-state index contributed by atoms with van der Waals surface area (Å²) < 4.78 is 17.0. The molecule has 0 radical (unpaired) electrons. The third-order valence-corrected chi connectivity index (χ3v) is 16.0. The Morgan fingerprint density at radius 2 is 0.450 bits per heavy atom. The lowest BCUT2D eigenvalue weighted by molar-refractivity contribution is -0.167. The normalized spacial score (nSPS) is 12.3. The molecule has 0 aliphatic rings. The quantitative estimate of drug-likeness (QED) is 0.0261. The number of carbonyl (C=O) groups excluding carboxylic acids is 3. The van der Waals surface area contributed by atoms with E-state index in [2.05, 4.69) is 69.4 Å². The first-order valence-electron chi connectivity index (χ1n) is 35.6. The van der Waals surface area contributed by atoms with Gasteiger partial charge in [-0.2, -0.15) is 0 Å². The van der Waals surface area contributed by atoms with Gasteiger partial charge in [0.15, 0.2) is 6.10 Å². The molecule has 0 rings (SSSR count). The predicted octanol–water partition coefficient (Wildman–Crippen LogP) is 24.5. The number of carbonyl (C=O) groups is 3. The van der Waals surface area contributed by atoms with E-state index >= 15 is 0 Å². The highest BCUT2D eigenvalue weighted by Gasteiger charge is 2.19. The van der Waals surface area contributed by atoms with Crippen LogP contribution in [0.25, 0.3) is 0 Å². The van der Waals surface area contributed by atoms with E-state index < -0.39 is 6.10 Å². The second-order valence-corrected chi connectivity index (χ2v) is 24.1. The van der Waals surface area contributed by atoms with Crippen LogP contribution in [0.5, 0.6) is 0 Å². The lowest BCUT2D eigenvalue weighted by Crippen LogP contribution is -2.30. The molecule has 0 aromatic carbocycles. The summed E-state index contributed by atoms with van der Waals surface area (Å²) in [7, 11) is 0. The Balaban J connectivity index is 4.23. The average Bonchev–Trinajstić information content (AvgIpc) is 3.46. The average molecular weight is 1120 g/mol. The van der Waals surface area contributed by atoms with E-state index in [4.69, 9.17) is 14.2 Å². The van der Waals surface area contributed by atoms with Gasteiger partial charge in [0.2, 0.25) is 0 Å². The molecule has 0 aromatic heterocycles. The summed E-state index contributed by atoms with van der Waals surface area (Å²) in [6.07, 6.45) is 87.2. The molecule has 1 atom stereocenters. The topological polar surface area (TPSA) is 78.9 Å². The predicted molar refractivity (Wildman–Crippen MR) is 349 cm³/mol. The van der Waals surface area contributed by atoms with Crippen LogP contribution in [-0.4, -0.2) is 37.2 Å². The van der Waals surface area contributed by atoms with E-state index in [0.717, 1.165) is 77.0 Å².